The second-order valence-electron chi connectivity index (χ2n) is 3.59. The van der Waals surface area contributed by atoms with Gasteiger partial charge in [0.1, 0.15) is 5.82 Å². The fourth-order valence-electron chi connectivity index (χ4n) is 1.37. The minimum atomic E-state index is -0.460. The lowest BCUT2D eigenvalue weighted by Crippen LogP contribution is -2.12. The van der Waals surface area contributed by atoms with Crippen LogP contribution in [-0.2, 0) is 0 Å². The molecule has 0 radical (unpaired) electrons. The molecule has 0 saturated heterocycles. The molecule has 1 amide bonds. The Balaban J connectivity index is 2.16. The van der Waals surface area contributed by atoms with Gasteiger partial charge in [-0.2, -0.15) is 0 Å². The first-order valence-corrected chi connectivity index (χ1v) is 6.67. The fourth-order valence-corrected chi connectivity index (χ4v) is 1.88. The zero-order chi connectivity index (χ0) is 13.1. The molecule has 0 bridgehead atoms. The molecule has 5 heteroatoms. The molecule has 0 fully saturated rings. The molecule has 0 aromatic heterocycles. The molecule has 2 aromatic carbocycles. The predicted octanol–water partition coefficient (Wildman–Crippen LogP) is 4.60. The van der Waals surface area contributed by atoms with Crippen LogP contribution in [0, 0.1) is 5.82 Å². The normalized spacial score (nSPS) is 10.2. The number of amides is 1. The van der Waals surface area contributed by atoms with E-state index in [2.05, 4.69) is 37.2 Å². The molecule has 0 unspecified atom stereocenters. The Morgan fingerprint density at radius 1 is 1.06 bits per heavy atom. The zero-order valence-corrected chi connectivity index (χ0v) is 12.3. The van der Waals surface area contributed by atoms with Crippen molar-refractivity contribution in [3.63, 3.8) is 0 Å². The van der Waals surface area contributed by atoms with Crippen molar-refractivity contribution < 1.29 is 9.18 Å². The van der Waals surface area contributed by atoms with Crippen molar-refractivity contribution in [3.05, 3.63) is 62.8 Å². The van der Waals surface area contributed by atoms with Crippen LogP contribution in [0.1, 0.15) is 10.4 Å². The number of rotatable bonds is 2. The maximum Gasteiger partial charge on any atom is 0.255 e. The van der Waals surface area contributed by atoms with E-state index in [1.165, 1.54) is 12.1 Å². The Hall–Kier alpha value is -1.20. The van der Waals surface area contributed by atoms with Crippen LogP contribution in [0.15, 0.2) is 51.4 Å². The van der Waals surface area contributed by atoms with E-state index >= 15 is 0 Å². The van der Waals surface area contributed by atoms with Gasteiger partial charge in [0.2, 0.25) is 0 Å². The van der Waals surface area contributed by atoms with Crippen molar-refractivity contribution in [1.82, 2.24) is 0 Å². The van der Waals surface area contributed by atoms with Crippen molar-refractivity contribution in [2.75, 3.05) is 5.32 Å². The second kappa shape index (κ2) is 5.63. The molecule has 0 aliphatic carbocycles. The number of nitrogens with one attached hydrogen (secondary N) is 1. The van der Waals surface area contributed by atoms with Gasteiger partial charge in [-0.25, -0.2) is 4.39 Å². The SMILES string of the molecule is O=C(Nc1ccc(Br)cc1)c1ccc(Br)c(F)c1. The van der Waals surface area contributed by atoms with Crippen molar-refractivity contribution in [2.45, 2.75) is 0 Å². The van der Waals surface area contributed by atoms with Crippen LogP contribution in [0.5, 0.6) is 0 Å². The minimum absolute atomic E-state index is 0.276. The molecule has 0 aliphatic heterocycles. The predicted molar refractivity (Wildman–Crippen MR) is 76.2 cm³/mol. The van der Waals surface area contributed by atoms with E-state index in [9.17, 15) is 9.18 Å². The van der Waals surface area contributed by atoms with Gasteiger partial charge in [0, 0.05) is 15.7 Å². The quantitative estimate of drug-likeness (QED) is 0.819. The Bertz CT molecular complexity index is 584. The molecule has 0 heterocycles. The van der Waals surface area contributed by atoms with Gasteiger partial charge in [0.15, 0.2) is 0 Å². The van der Waals surface area contributed by atoms with E-state index < -0.39 is 5.82 Å². The molecule has 2 nitrogen and oxygen atoms in total. The number of benzene rings is 2. The summed E-state index contributed by atoms with van der Waals surface area (Å²) in [4.78, 5) is 11.9. The van der Waals surface area contributed by atoms with Gasteiger partial charge in [0.05, 0.1) is 4.47 Å². The monoisotopic (exact) mass is 371 g/mol. The summed E-state index contributed by atoms with van der Waals surface area (Å²) in [6.45, 7) is 0. The van der Waals surface area contributed by atoms with Crippen LogP contribution in [0.3, 0.4) is 0 Å². The third kappa shape index (κ3) is 3.17. The molecule has 0 spiro atoms. The first kappa shape index (κ1) is 13.2. The summed E-state index contributed by atoms with van der Waals surface area (Å²) in [6.07, 6.45) is 0. The summed E-state index contributed by atoms with van der Waals surface area (Å²) in [6, 6.07) is 11.4. The number of carbonyl (C=O) groups excluding carboxylic acids is 1. The number of hydrogen-bond donors (Lipinski definition) is 1. The van der Waals surface area contributed by atoms with Crippen LogP contribution in [0.2, 0.25) is 0 Å². The molecule has 0 aliphatic rings. The van der Waals surface area contributed by atoms with E-state index in [1.807, 2.05) is 12.1 Å². The van der Waals surface area contributed by atoms with Gasteiger partial charge in [-0.05, 0) is 58.4 Å². The lowest BCUT2D eigenvalue weighted by molar-refractivity contribution is 0.102. The summed E-state index contributed by atoms with van der Waals surface area (Å²) in [5, 5.41) is 2.69. The average Bonchev–Trinajstić information content (AvgIpc) is 2.35. The lowest BCUT2D eigenvalue weighted by Gasteiger charge is -2.06. The molecule has 18 heavy (non-hydrogen) atoms. The Morgan fingerprint density at radius 3 is 2.33 bits per heavy atom. The van der Waals surface area contributed by atoms with Crippen molar-refractivity contribution >= 4 is 43.5 Å². The first-order valence-electron chi connectivity index (χ1n) is 5.08. The van der Waals surface area contributed by atoms with Crippen LogP contribution in [0.25, 0.3) is 0 Å². The topological polar surface area (TPSA) is 29.1 Å². The van der Waals surface area contributed by atoms with E-state index in [4.69, 9.17) is 0 Å². The maximum absolute atomic E-state index is 13.3. The molecule has 2 rings (SSSR count). The second-order valence-corrected chi connectivity index (χ2v) is 5.36. The summed E-state index contributed by atoms with van der Waals surface area (Å²) in [7, 11) is 0. The van der Waals surface area contributed by atoms with Crippen LogP contribution < -0.4 is 5.32 Å². The smallest absolute Gasteiger partial charge is 0.255 e. The highest BCUT2D eigenvalue weighted by atomic mass is 79.9. The van der Waals surface area contributed by atoms with E-state index in [1.54, 1.807) is 18.2 Å². The maximum atomic E-state index is 13.3. The number of hydrogen-bond acceptors (Lipinski definition) is 1. The summed E-state index contributed by atoms with van der Waals surface area (Å²) >= 11 is 6.35. The summed E-state index contributed by atoms with van der Waals surface area (Å²) < 4.78 is 14.6. The molecular weight excluding hydrogens is 365 g/mol. The highest BCUT2D eigenvalue weighted by Gasteiger charge is 2.08. The molecule has 2 aromatic rings. The van der Waals surface area contributed by atoms with Gasteiger partial charge >= 0.3 is 0 Å². The number of anilines is 1. The summed E-state index contributed by atoms with van der Waals surface area (Å²) in [5.74, 6) is -0.804. The number of halogens is 3. The van der Waals surface area contributed by atoms with Crippen molar-refractivity contribution in [3.8, 4) is 0 Å². The molecule has 1 N–H and O–H groups in total. The van der Waals surface area contributed by atoms with Gasteiger partial charge in [-0.1, -0.05) is 15.9 Å². The van der Waals surface area contributed by atoms with Crippen molar-refractivity contribution in [1.29, 1.82) is 0 Å². The van der Waals surface area contributed by atoms with Gasteiger partial charge in [-0.3, -0.25) is 4.79 Å². The third-order valence-corrected chi connectivity index (χ3v) is 3.46. The Morgan fingerprint density at radius 2 is 1.72 bits per heavy atom. The van der Waals surface area contributed by atoms with E-state index in [0.717, 1.165) is 4.47 Å². The van der Waals surface area contributed by atoms with E-state index in [-0.39, 0.29) is 11.5 Å². The zero-order valence-electron chi connectivity index (χ0n) is 9.08. The minimum Gasteiger partial charge on any atom is -0.322 e. The lowest BCUT2D eigenvalue weighted by atomic mass is 10.2. The van der Waals surface area contributed by atoms with Crippen LogP contribution >= 0.6 is 31.9 Å². The Labute approximate surface area is 120 Å². The van der Waals surface area contributed by atoms with Crippen LogP contribution in [-0.4, -0.2) is 5.91 Å². The third-order valence-electron chi connectivity index (χ3n) is 2.28. The fraction of sp³-hybridized carbons (Fsp3) is 0. The Kier molecular flexibility index (Phi) is 4.14. The highest BCUT2D eigenvalue weighted by Crippen LogP contribution is 2.18. The number of carbonyl (C=O) groups is 1. The van der Waals surface area contributed by atoms with Gasteiger partial charge < -0.3 is 5.32 Å². The standard InChI is InChI=1S/C13H8Br2FNO/c14-9-2-4-10(5-3-9)17-13(18)8-1-6-11(15)12(16)7-8/h1-7H,(H,17,18). The molecule has 0 saturated carbocycles. The molecule has 0 atom stereocenters. The molecular formula is C13H8Br2FNO. The van der Waals surface area contributed by atoms with E-state index in [0.29, 0.717) is 10.2 Å². The molecule has 92 valence electrons. The summed E-state index contributed by atoms with van der Waals surface area (Å²) in [5.41, 5.74) is 0.935. The van der Waals surface area contributed by atoms with Gasteiger partial charge in [0.25, 0.3) is 5.91 Å². The average molecular weight is 373 g/mol. The van der Waals surface area contributed by atoms with Crippen molar-refractivity contribution in [2.24, 2.45) is 0 Å². The highest BCUT2D eigenvalue weighted by molar-refractivity contribution is 9.10. The first-order chi connectivity index (χ1) is 8.56. The van der Waals surface area contributed by atoms with Crippen LogP contribution in [0.4, 0.5) is 10.1 Å². The largest absolute Gasteiger partial charge is 0.322 e. The van der Waals surface area contributed by atoms with Gasteiger partial charge in [-0.15, -0.1) is 0 Å².